The van der Waals surface area contributed by atoms with Crippen LogP contribution in [0.1, 0.15) is 25.5 Å². The summed E-state index contributed by atoms with van der Waals surface area (Å²) in [6.07, 6.45) is 0. The van der Waals surface area contributed by atoms with Gasteiger partial charge in [-0.25, -0.2) is 9.59 Å². The highest BCUT2D eigenvalue weighted by atomic mass is 32.1. The highest BCUT2D eigenvalue weighted by Crippen LogP contribution is 2.41. The summed E-state index contributed by atoms with van der Waals surface area (Å²) in [5.41, 5.74) is 1.58. The monoisotopic (exact) mass is 425 g/mol. The fourth-order valence-corrected chi connectivity index (χ4v) is 4.85. The third-order valence-corrected chi connectivity index (χ3v) is 6.29. The van der Waals surface area contributed by atoms with E-state index in [4.69, 9.17) is 13.9 Å². The van der Waals surface area contributed by atoms with E-state index in [1.807, 2.05) is 24.3 Å². The summed E-state index contributed by atoms with van der Waals surface area (Å²) < 4.78 is 17.5. The molecule has 3 aromatic rings. The third kappa shape index (κ3) is 3.00. The summed E-state index contributed by atoms with van der Waals surface area (Å²) in [6.45, 7) is 3.40. The number of fused-ring (bicyclic) bond motifs is 3. The number of benzene rings is 1. The molecule has 0 saturated heterocycles. The summed E-state index contributed by atoms with van der Waals surface area (Å²) in [5, 5.41) is 3.82. The largest absolute Gasteiger partial charge is 0.466 e. The zero-order valence-electron chi connectivity index (χ0n) is 16.8. The molecule has 1 N–H and O–H groups in total. The van der Waals surface area contributed by atoms with Crippen molar-refractivity contribution in [1.82, 2.24) is 5.32 Å². The second kappa shape index (κ2) is 7.46. The topological polar surface area (TPSA) is 94.8 Å². The minimum atomic E-state index is -0.943. The normalized spacial score (nSPS) is 14.9. The first kappa shape index (κ1) is 19.9. The number of allylic oxidation sites excluding steroid dienone is 2. The standard InChI is InChI=1S/C22H19NO6S/c1-10-16(21(25)27-3)18(17(11(2)23-10)22(26)28-4)14-9-13(24)20-19(29-14)12-7-5-6-8-15(12)30-20/h5-9,18,23H,1-4H3. The first-order valence-corrected chi connectivity index (χ1v) is 9.99. The summed E-state index contributed by atoms with van der Waals surface area (Å²) in [7, 11) is 2.52. The van der Waals surface area contributed by atoms with Crippen LogP contribution in [0, 0.1) is 0 Å². The van der Waals surface area contributed by atoms with Gasteiger partial charge in [-0.05, 0) is 26.0 Å². The molecule has 8 heteroatoms. The first-order chi connectivity index (χ1) is 14.4. The van der Waals surface area contributed by atoms with Crippen LogP contribution in [0.4, 0.5) is 0 Å². The Hall–Kier alpha value is -3.39. The molecule has 4 rings (SSSR count). The molecule has 0 radical (unpaired) electrons. The fourth-order valence-electron chi connectivity index (χ4n) is 3.81. The van der Waals surface area contributed by atoms with Crippen LogP contribution >= 0.6 is 11.3 Å². The number of dihydropyridines is 1. The lowest BCUT2D eigenvalue weighted by atomic mass is 9.83. The minimum Gasteiger partial charge on any atom is -0.466 e. The van der Waals surface area contributed by atoms with Crippen molar-refractivity contribution in [2.75, 3.05) is 14.2 Å². The van der Waals surface area contributed by atoms with E-state index in [1.165, 1.54) is 31.6 Å². The Morgan fingerprint density at radius 3 is 2.23 bits per heavy atom. The number of carbonyl (C=O) groups is 2. The van der Waals surface area contributed by atoms with E-state index in [-0.39, 0.29) is 22.3 Å². The van der Waals surface area contributed by atoms with Crippen LogP contribution in [0.2, 0.25) is 0 Å². The van der Waals surface area contributed by atoms with Crippen LogP contribution in [0.25, 0.3) is 20.4 Å². The zero-order valence-corrected chi connectivity index (χ0v) is 17.6. The van der Waals surface area contributed by atoms with Crippen molar-refractivity contribution in [3.63, 3.8) is 0 Å². The lowest BCUT2D eigenvalue weighted by molar-refractivity contribution is -0.137. The molecule has 2 aromatic heterocycles. The molecule has 0 amide bonds. The van der Waals surface area contributed by atoms with E-state index < -0.39 is 17.9 Å². The minimum absolute atomic E-state index is 0.178. The average Bonchev–Trinajstić information content (AvgIpc) is 3.11. The number of methoxy groups -OCH3 is 2. The van der Waals surface area contributed by atoms with Crippen LogP contribution < -0.4 is 10.7 Å². The van der Waals surface area contributed by atoms with E-state index in [0.717, 1.165) is 10.1 Å². The third-order valence-electron chi connectivity index (χ3n) is 5.12. The van der Waals surface area contributed by atoms with Crippen LogP contribution in [-0.4, -0.2) is 26.2 Å². The highest BCUT2D eigenvalue weighted by Gasteiger charge is 2.39. The van der Waals surface area contributed by atoms with Gasteiger partial charge in [0.05, 0.1) is 31.3 Å². The molecule has 3 heterocycles. The van der Waals surface area contributed by atoms with Gasteiger partial charge >= 0.3 is 11.9 Å². The number of rotatable bonds is 3. The van der Waals surface area contributed by atoms with Gasteiger partial charge in [0.1, 0.15) is 10.5 Å². The Bertz CT molecular complexity index is 1290. The Morgan fingerprint density at radius 1 is 1.03 bits per heavy atom. The smallest absolute Gasteiger partial charge is 0.336 e. The molecule has 0 saturated carbocycles. The molecule has 7 nitrogen and oxygen atoms in total. The molecule has 1 aliphatic rings. The van der Waals surface area contributed by atoms with Crippen LogP contribution in [-0.2, 0) is 19.1 Å². The van der Waals surface area contributed by atoms with Crippen molar-refractivity contribution >= 4 is 43.6 Å². The number of esters is 2. The maximum Gasteiger partial charge on any atom is 0.336 e. The van der Waals surface area contributed by atoms with Crippen molar-refractivity contribution in [3.8, 4) is 0 Å². The number of thiophene rings is 1. The van der Waals surface area contributed by atoms with E-state index in [1.54, 1.807) is 13.8 Å². The van der Waals surface area contributed by atoms with Gasteiger partial charge in [0.15, 0.2) is 5.58 Å². The van der Waals surface area contributed by atoms with Crippen LogP contribution in [0.15, 0.2) is 62.1 Å². The Kier molecular flexibility index (Phi) is 4.95. The van der Waals surface area contributed by atoms with Crippen LogP contribution in [0.3, 0.4) is 0 Å². The van der Waals surface area contributed by atoms with Gasteiger partial charge in [0.25, 0.3) is 0 Å². The Balaban J connectivity index is 2.04. The molecule has 154 valence electrons. The van der Waals surface area contributed by atoms with Crippen molar-refractivity contribution in [2.24, 2.45) is 0 Å². The maximum atomic E-state index is 12.9. The number of hydrogen-bond donors (Lipinski definition) is 1. The number of carbonyl (C=O) groups excluding carboxylic acids is 2. The van der Waals surface area contributed by atoms with Crippen molar-refractivity contribution in [1.29, 1.82) is 0 Å². The predicted molar refractivity (Wildman–Crippen MR) is 113 cm³/mol. The SMILES string of the molecule is COC(=O)C1=C(C)NC(C)=C(C(=O)OC)C1c1cc(=O)c2sc3ccccc3c2o1. The molecule has 30 heavy (non-hydrogen) atoms. The molecule has 0 unspecified atom stereocenters. The quantitative estimate of drug-likeness (QED) is 0.641. The number of ether oxygens (including phenoxy) is 2. The molecule has 1 aromatic carbocycles. The van der Waals surface area contributed by atoms with Crippen molar-refractivity contribution in [2.45, 2.75) is 19.8 Å². The van der Waals surface area contributed by atoms with Gasteiger partial charge in [-0.3, -0.25) is 4.79 Å². The second-order valence-corrected chi connectivity index (χ2v) is 7.94. The second-order valence-electron chi connectivity index (χ2n) is 6.89. The van der Waals surface area contributed by atoms with Crippen molar-refractivity contribution < 1.29 is 23.5 Å². The lowest BCUT2D eigenvalue weighted by Crippen LogP contribution is -2.32. The van der Waals surface area contributed by atoms with Gasteiger partial charge in [0, 0.05) is 27.5 Å². The van der Waals surface area contributed by atoms with Gasteiger partial charge in [0.2, 0.25) is 5.43 Å². The number of nitrogens with one attached hydrogen (secondary N) is 1. The lowest BCUT2D eigenvalue weighted by Gasteiger charge is -2.28. The van der Waals surface area contributed by atoms with Gasteiger partial charge in [-0.15, -0.1) is 11.3 Å². The Labute approximate surface area is 175 Å². The molecular formula is C22H19NO6S. The van der Waals surface area contributed by atoms with E-state index >= 15 is 0 Å². The summed E-state index contributed by atoms with van der Waals surface area (Å²) in [6, 6.07) is 8.86. The number of hydrogen-bond acceptors (Lipinski definition) is 8. The fraction of sp³-hybridized carbons (Fsp3) is 0.227. The van der Waals surface area contributed by atoms with Gasteiger partial charge < -0.3 is 19.2 Å². The zero-order chi connectivity index (χ0) is 21.6. The summed E-state index contributed by atoms with van der Waals surface area (Å²) in [4.78, 5) is 38.2. The summed E-state index contributed by atoms with van der Waals surface area (Å²) >= 11 is 1.34. The van der Waals surface area contributed by atoms with E-state index in [9.17, 15) is 14.4 Å². The molecule has 0 bridgehead atoms. The molecule has 0 fully saturated rings. The molecule has 0 spiro atoms. The maximum absolute atomic E-state index is 12.9. The van der Waals surface area contributed by atoms with E-state index in [2.05, 4.69) is 5.32 Å². The van der Waals surface area contributed by atoms with Crippen molar-refractivity contribution in [3.05, 3.63) is 68.9 Å². The van der Waals surface area contributed by atoms with Gasteiger partial charge in [-0.1, -0.05) is 12.1 Å². The predicted octanol–water partition coefficient (Wildman–Crippen LogP) is 3.59. The van der Waals surface area contributed by atoms with Gasteiger partial charge in [-0.2, -0.15) is 0 Å². The van der Waals surface area contributed by atoms with E-state index in [0.29, 0.717) is 21.7 Å². The summed E-state index contributed by atoms with van der Waals surface area (Å²) in [5.74, 6) is -2.02. The first-order valence-electron chi connectivity index (χ1n) is 9.17. The highest BCUT2D eigenvalue weighted by molar-refractivity contribution is 7.25. The average molecular weight is 425 g/mol. The molecule has 1 aliphatic heterocycles. The molecular weight excluding hydrogens is 406 g/mol. The molecule has 0 atom stereocenters. The molecule has 0 aliphatic carbocycles. The Morgan fingerprint density at radius 2 is 1.63 bits per heavy atom. The van der Waals surface area contributed by atoms with Crippen LogP contribution in [0.5, 0.6) is 0 Å².